The highest BCUT2D eigenvalue weighted by Crippen LogP contribution is 2.16. The average Bonchev–Trinajstić information content (AvgIpc) is 2.36. The number of anilines is 1. The maximum absolute atomic E-state index is 11.8. The third-order valence-electron chi connectivity index (χ3n) is 2.87. The van der Waals surface area contributed by atoms with Crippen LogP contribution in [0.2, 0.25) is 0 Å². The molecule has 1 aromatic carbocycles. The van der Waals surface area contributed by atoms with Crippen LogP contribution in [0.15, 0.2) is 36.5 Å². The normalized spacial score (nSPS) is 13.2. The van der Waals surface area contributed by atoms with Gasteiger partial charge in [0.2, 0.25) is 5.91 Å². The Balaban J connectivity index is 2.24. The summed E-state index contributed by atoms with van der Waals surface area (Å²) in [6, 6.07) is 9.24. The number of para-hydroxylation sites is 1. The number of benzene rings is 1. The van der Waals surface area contributed by atoms with Crippen molar-refractivity contribution in [3.63, 3.8) is 0 Å². The fourth-order valence-electron chi connectivity index (χ4n) is 1.58. The van der Waals surface area contributed by atoms with Crippen molar-refractivity contribution < 1.29 is 13.2 Å². The van der Waals surface area contributed by atoms with Gasteiger partial charge in [0.15, 0.2) is 9.84 Å². The minimum atomic E-state index is -3.40. The fraction of sp³-hybridized carbons (Fsp3) is 0.231. The smallest absolute Gasteiger partial charge is 0.242 e. The number of nitrogens with zero attached hydrogens (tertiary/aromatic N) is 1. The summed E-state index contributed by atoms with van der Waals surface area (Å²) >= 11 is 0. The number of hydrogen-bond donors (Lipinski definition) is 1. The van der Waals surface area contributed by atoms with Crippen LogP contribution >= 0.6 is 0 Å². The largest absolute Gasteiger partial charge is 0.324 e. The van der Waals surface area contributed by atoms with Crippen molar-refractivity contribution >= 4 is 32.3 Å². The van der Waals surface area contributed by atoms with Gasteiger partial charge in [0.05, 0.1) is 17.4 Å². The summed E-state index contributed by atoms with van der Waals surface area (Å²) in [6.45, 7) is 1.36. The SMILES string of the molecule is C[C@@H](C(=O)Nc1cnc2ccccc2c1)S(C)(=O)=O. The number of hydrogen-bond acceptors (Lipinski definition) is 4. The van der Waals surface area contributed by atoms with E-state index in [9.17, 15) is 13.2 Å². The standard InChI is InChI=1S/C13H14N2O3S/c1-9(19(2,17)18)13(16)15-11-7-10-5-3-4-6-12(10)14-8-11/h3-9H,1-2H3,(H,15,16)/t9-/m0/s1. The molecule has 19 heavy (non-hydrogen) atoms. The highest BCUT2D eigenvalue weighted by molar-refractivity contribution is 7.92. The van der Waals surface area contributed by atoms with Crippen molar-refractivity contribution in [1.82, 2.24) is 4.98 Å². The molecule has 1 heterocycles. The van der Waals surface area contributed by atoms with Gasteiger partial charge in [-0.3, -0.25) is 9.78 Å². The van der Waals surface area contributed by atoms with Gasteiger partial charge in [-0.1, -0.05) is 18.2 Å². The van der Waals surface area contributed by atoms with E-state index in [1.807, 2.05) is 24.3 Å². The summed E-state index contributed by atoms with van der Waals surface area (Å²) in [4.78, 5) is 16.0. The van der Waals surface area contributed by atoms with E-state index in [0.29, 0.717) is 5.69 Å². The van der Waals surface area contributed by atoms with E-state index in [2.05, 4.69) is 10.3 Å². The first-order valence-corrected chi connectivity index (χ1v) is 7.68. The molecule has 0 saturated heterocycles. The summed E-state index contributed by atoms with van der Waals surface area (Å²) in [7, 11) is -3.40. The molecule has 0 aliphatic carbocycles. The first kappa shape index (κ1) is 13.5. The number of carbonyl (C=O) groups is 1. The molecule has 0 aliphatic heterocycles. The van der Waals surface area contributed by atoms with Gasteiger partial charge in [-0.2, -0.15) is 0 Å². The van der Waals surface area contributed by atoms with Crippen molar-refractivity contribution in [2.75, 3.05) is 11.6 Å². The average molecular weight is 278 g/mol. The van der Waals surface area contributed by atoms with Gasteiger partial charge >= 0.3 is 0 Å². The minimum absolute atomic E-state index is 0.485. The molecule has 100 valence electrons. The van der Waals surface area contributed by atoms with Crippen LogP contribution in [0.25, 0.3) is 10.9 Å². The molecule has 5 nitrogen and oxygen atoms in total. The van der Waals surface area contributed by atoms with Crippen LogP contribution in [0, 0.1) is 0 Å². The second kappa shape index (κ2) is 4.97. The summed E-state index contributed by atoms with van der Waals surface area (Å²) < 4.78 is 22.6. The molecule has 1 atom stereocenters. The van der Waals surface area contributed by atoms with Crippen molar-refractivity contribution in [1.29, 1.82) is 0 Å². The molecule has 0 saturated carbocycles. The molecule has 0 bridgehead atoms. The van der Waals surface area contributed by atoms with Crippen LogP contribution in [0.5, 0.6) is 0 Å². The topological polar surface area (TPSA) is 76.1 Å². The molecule has 1 N–H and O–H groups in total. The van der Waals surface area contributed by atoms with E-state index in [0.717, 1.165) is 17.2 Å². The first-order chi connectivity index (χ1) is 8.88. The summed E-state index contributed by atoms with van der Waals surface area (Å²) in [6.07, 6.45) is 2.55. The van der Waals surface area contributed by atoms with Crippen LogP contribution in [0.1, 0.15) is 6.92 Å². The highest BCUT2D eigenvalue weighted by atomic mass is 32.2. The van der Waals surface area contributed by atoms with Gasteiger partial charge in [0.25, 0.3) is 0 Å². The molecule has 0 spiro atoms. The third-order valence-corrected chi connectivity index (χ3v) is 4.37. The minimum Gasteiger partial charge on any atom is -0.324 e. The van der Waals surface area contributed by atoms with Crippen molar-refractivity contribution in [2.24, 2.45) is 0 Å². The summed E-state index contributed by atoms with van der Waals surface area (Å²) in [5.41, 5.74) is 1.30. The molecule has 2 rings (SSSR count). The van der Waals surface area contributed by atoms with Gasteiger partial charge in [-0.05, 0) is 19.1 Å². The Kier molecular flexibility index (Phi) is 3.53. The Morgan fingerprint density at radius 1 is 1.32 bits per heavy atom. The number of nitrogens with one attached hydrogen (secondary N) is 1. The molecule has 6 heteroatoms. The number of carbonyl (C=O) groups excluding carboxylic acids is 1. The highest BCUT2D eigenvalue weighted by Gasteiger charge is 2.23. The number of amides is 1. The van der Waals surface area contributed by atoms with E-state index in [4.69, 9.17) is 0 Å². The predicted molar refractivity (Wildman–Crippen MR) is 74.7 cm³/mol. The van der Waals surface area contributed by atoms with Gasteiger partial charge in [0.1, 0.15) is 5.25 Å². The Morgan fingerprint density at radius 3 is 2.68 bits per heavy atom. The molecular weight excluding hydrogens is 264 g/mol. The molecule has 1 amide bonds. The predicted octanol–water partition coefficient (Wildman–Crippen LogP) is 1.61. The number of aromatic nitrogens is 1. The molecule has 1 aromatic heterocycles. The zero-order valence-corrected chi connectivity index (χ0v) is 11.4. The van der Waals surface area contributed by atoms with Gasteiger partial charge in [-0.15, -0.1) is 0 Å². The van der Waals surface area contributed by atoms with E-state index in [-0.39, 0.29) is 0 Å². The Labute approximate surface area is 111 Å². The van der Waals surface area contributed by atoms with Crippen LogP contribution in [0.4, 0.5) is 5.69 Å². The molecule has 0 radical (unpaired) electrons. The van der Waals surface area contributed by atoms with Crippen molar-refractivity contribution in [2.45, 2.75) is 12.2 Å². The third kappa shape index (κ3) is 3.08. The Hall–Kier alpha value is -1.95. The number of pyridine rings is 1. The zero-order chi connectivity index (χ0) is 14.0. The maximum Gasteiger partial charge on any atom is 0.242 e. The molecule has 0 fully saturated rings. The lowest BCUT2D eigenvalue weighted by molar-refractivity contribution is -0.115. The van der Waals surface area contributed by atoms with E-state index in [1.54, 1.807) is 6.07 Å². The summed E-state index contributed by atoms with van der Waals surface area (Å²) in [5.74, 6) is -0.556. The van der Waals surface area contributed by atoms with Gasteiger partial charge in [-0.25, -0.2) is 8.42 Å². The molecule has 0 unspecified atom stereocenters. The van der Waals surface area contributed by atoms with Crippen LogP contribution < -0.4 is 5.32 Å². The number of fused-ring (bicyclic) bond motifs is 1. The van der Waals surface area contributed by atoms with Crippen LogP contribution in [0.3, 0.4) is 0 Å². The Bertz CT molecular complexity index is 726. The van der Waals surface area contributed by atoms with E-state index >= 15 is 0 Å². The van der Waals surface area contributed by atoms with Crippen molar-refractivity contribution in [3.8, 4) is 0 Å². The van der Waals surface area contributed by atoms with Crippen LogP contribution in [-0.4, -0.2) is 30.8 Å². The molecule has 2 aromatic rings. The van der Waals surface area contributed by atoms with E-state index in [1.165, 1.54) is 13.1 Å². The van der Waals surface area contributed by atoms with Gasteiger partial charge in [0, 0.05) is 11.6 Å². The lowest BCUT2D eigenvalue weighted by atomic mass is 10.2. The fourth-order valence-corrected chi connectivity index (χ4v) is 2.03. The first-order valence-electron chi connectivity index (χ1n) is 5.72. The summed E-state index contributed by atoms with van der Waals surface area (Å²) in [5, 5.41) is 2.36. The number of rotatable bonds is 3. The lowest BCUT2D eigenvalue weighted by Gasteiger charge is -2.10. The quantitative estimate of drug-likeness (QED) is 0.925. The van der Waals surface area contributed by atoms with Crippen molar-refractivity contribution in [3.05, 3.63) is 36.5 Å². The second-order valence-electron chi connectivity index (χ2n) is 4.38. The number of sulfone groups is 1. The Morgan fingerprint density at radius 2 is 2.00 bits per heavy atom. The van der Waals surface area contributed by atoms with E-state index < -0.39 is 21.0 Å². The van der Waals surface area contributed by atoms with Crippen LogP contribution in [-0.2, 0) is 14.6 Å². The zero-order valence-electron chi connectivity index (χ0n) is 10.6. The maximum atomic E-state index is 11.8. The monoisotopic (exact) mass is 278 g/mol. The molecule has 0 aliphatic rings. The lowest BCUT2D eigenvalue weighted by Crippen LogP contribution is -2.31. The molecular formula is C13H14N2O3S. The van der Waals surface area contributed by atoms with Gasteiger partial charge < -0.3 is 5.32 Å². The second-order valence-corrected chi connectivity index (χ2v) is 6.74.